The molecule has 0 aliphatic rings. The van der Waals surface area contributed by atoms with Gasteiger partial charge in [0, 0.05) is 34.2 Å². The highest BCUT2D eigenvalue weighted by Gasteiger charge is 2.05. The number of hydrogen-bond acceptors (Lipinski definition) is 2. The Morgan fingerprint density at radius 1 is 1.38 bits per heavy atom. The number of nitrogens with zero attached hydrogens (tertiary/aromatic N) is 1. The minimum atomic E-state index is 0.225. The molecule has 0 fully saturated rings. The van der Waals surface area contributed by atoms with Crippen molar-refractivity contribution >= 4 is 39.8 Å². The third kappa shape index (κ3) is 2.39. The Hall–Kier alpha value is -0.990. The summed E-state index contributed by atoms with van der Waals surface area (Å²) in [5.74, 6) is 0.567. The highest BCUT2D eigenvalue weighted by Crippen LogP contribution is 2.24. The highest BCUT2D eigenvalue weighted by atomic mass is 35.5. The molecule has 2 nitrogen and oxygen atoms in total. The average Bonchev–Trinajstić information content (AvgIpc) is 2.28. The monoisotopic (exact) mass is 254 g/mol. The predicted molar refractivity (Wildman–Crippen MR) is 70.6 cm³/mol. The van der Waals surface area contributed by atoms with Gasteiger partial charge in [0.2, 0.25) is 0 Å². The lowest BCUT2D eigenvalue weighted by Crippen LogP contribution is -2.16. The van der Waals surface area contributed by atoms with Gasteiger partial charge in [-0.25, -0.2) is 0 Å². The second-order valence-corrected chi connectivity index (χ2v) is 4.46. The molecule has 1 aromatic carbocycles. The minimum Gasteiger partial charge on any atom is -0.381 e. The van der Waals surface area contributed by atoms with Crippen molar-refractivity contribution in [2.75, 3.05) is 11.2 Å². The lowest BCUT2D eigenvalue weighted by Gasteiger charge is -2.13. The van der Waals surface area contributed by atoms with E-state index in [-0.39, 0.29) is 6.04 Å². The van der Waals surface area contributed by atoms with E-state index < -0.39 is 0 Å². The van der Waals surface area contributed by atoms with E-state index in [1.165, 1.54) is 0 Å². The molecular weight excluding hydrogens is 243 g/mol. The molecule has 4 heteroatoms. The van der Waals surface area contributed by atoms with Crippen LogP contribution in [0.3, 0.4) is 0 Å². The Labute approximate surface area is 105 Å². The summed E-state index contributed by atoms with van der Waals surface area (Å²) in [4.78, 5) is 4.28. The molecule has 0 saturated carbocycles. The zero-order valence-corrected chi connectivity index (χ0v) is 10.4. The number of pyridine rings is 1. The molecule has 84 valence electrons. The highest BCUT2D eigenvalue weighted by molar-refractivity contribution is 6.31. The van der Waals surface area contributed by atoms with Crippen molar-refractivity contribution in [3.8, 4) is 0 Å². The van der Waals surface area contributed by atoms with Gasteiger partial charge in [-0.15, -0.1) is 11.6 Å². The van der Waals surface area contributed by atoms with Gasteiger partial charge in [0.05, 0.1) is 5.52 Å². The number of hydrogen-bond donors (Lipinski definition) is 1. The Morgan fingerprint density at radius 2 is 2.19 bits per heavy atom. The second kappa shape index (κ2) is 4.89. The number of alkyl halides is 1. The molecule has 0 saturated heterocycles. The van der Waals surface area contributed by atoms with Crippen LogP contribution in [0.2, 0.25) is 5.02 Å². The van der Waals surface area contributed by atoms with Crippen LogP contribution in [0.15, 0.2) is 30.5 Å². The van der Waals surface area contributed by atoms with Crippen molar-refractivity contribution in [2.45, 2.75) is 13.0 Å². The fourth-order valence-corrected chi connectivity index (χ4v) is 1.79. The lowest BCUT2D eigenvalue weighted by atomic mass is 10.2. The van der Waals surface area contributed by atoms with Crippen LogP contribution in [0.1, 0.15) is 6.92 Å². The van der Waals surface area contributed by atoms with E-state index in [2.05, 4.69) is 10.3 Å². The summed E-state index contributed by atoms with van der Waals surface area (Å²) >= 11 is 11.7. The number of halogens is 2. The Morgan fingerprint density at radius 3 is 2.94 bits per heavy atom. The lowest BCUT2D eigenvalue weighted by molar-refractivity contribution is 0.909. The molecule has 0 aliphatic heterocycles. The zero-order chi connectivity index (χ0) is 11.5. The van der Waals surface area contributed by atoms with E-state index in [4.69, 9.17) is 23.2 Å². The van der Waals surface area contributed by atoms with Crippen molar-refractivity contribution < 1.29 is 0 Å². The third-order valence-electron chi connectivity index (χ3n) is 2.34. The topological polar surface area (TPSA) is 24.9 Å². The van der Waals surface area contributed by atoms with Gasteiger partial charge in [-0.3, -0.25) is 4.98 Å². The van der Waals surface area contributed by atoms with Crippen molar-refractivity contribution in [2.24, 2.45) is 0 Å². The zero-order valence-electron chi connectivity index (χ0n) is 8.87. The Bertz CT molecular complexity index is 499. The summed E-state index contributed by atoms with van der Waals surface area (Å²) in [5, 5.41) is 5.09. The van der Waals surface area contributed by atoms with Gasteiger partial charge >= 0.3 is 0 Å². The van der Waals surface area contributed by atoms with Crippen LogP contribution in [-0.2, 0) is 0 Å². The Kier molecular flexibility index (Phi) is 3.52. The molecule has 1 unspecified atom stereocenters. The molecule has 1 aromatic heterocycles. The molecule has 2 aromatic rings. The van der Waals surface area contributed by atoms with E-state index in [9.17, 15) is 0 Å². The average molecular weight is 255 g/mol. The summed E-state index contributed by atoms with van der Waals surface area (Å²) in [6.07, 6.45) is 1.77. The molecule has 1 N–H and O–H groups in total. The number of benzene rings is 1. The number of anilines is 1. The van der Waals surface area contributed by atoms with Crippen molar-refractivity contribution in [3.63, 3.8) is 0 Å². The molecule has 16 heavy (non-hydrogen) atoms. The molecule has 0 spiro atoms. The minimum absolute atomic E-state index is 0.225. The summed E-state index contributed by atoms with van der Waals surface area (Å²) < 4.78 is 0. The first-order chi connectivity index (χ1) is 7.70. The van der Waals surface area contributed by atoms with Gasteiger partial charge in [-0.1, -0.05) is 11.6 Å². The standard InChI is InChI=1S/C12H12Cl2N2/c1-8(7-13)16-11-4-5-15-12-6-9(14)2-3-10(11)12/h2-6,8H,7H2,1H3,(H,15,16). The maximum Gasteiger partial charge on any atom is 0.0737 e. The van der Waals surface area contributed by atoms with Crippen LogP contribution in [0.25, 0.3) is 10.9 Å². The summed E-state index contributed by atoms with van der Waals surface area (Å²) in [7, 11) is 0. The van der Waals surface area contributed by atoms with Crippen LogP contribution in [-0.4, -0.2) is 16.9 Å². The van der Waals surface area contributed by atoms with Crippen LogP contribution in [0, 0.1) is 0 Å². The molecule has 0 aliphatic carbocycles. The Balaban J connectivity index is 2.45. The van der Waals surface area contributed by atoms with Crippen molar-refractivity contribution in [3.05, 3.63) is 35.5 Å². The normalized spacial score (nSPS) is 12.7. The van der Waals surface area contributed by atoms with Crippen molar-refractivity contribution in [1.29, 1.82) is 0 Å². The van der Waals surface area contributed by atoms with Crippen LogP contribution in [0.5, 0.6) is 0 Å². The van der Waals surface area contributed by atoms with Gasteiger partial charge in [-0.2, -0.15) is 0 Å². The van der Waals surface area contributed by atoms with E-state index >= 15 is 0 Å². The molecule has 0 amide bonds. The largest absolute Gasteiger partial charge is 0.381 e. The van der Waals surface area contributed by atoms with E-state index in [0.717, 1.165) is 16.6 Å². The number of aromatic nitrogens is 1. The summed E-state index contributed by atoms with van der Waals surface area (Å²) in [6.45, 7) is 2.04. The van der Waals surface area contributed by atoms with E-state index in [1.54, 1.807) is 6.20 Å². The molecular formula is C12H12Cl2N2. The first-order valence-electron chi connectivity index (χ1n) is 5.07. The molecule has 0 bridgehead atoms. The number of nitrogens with one attached hydrogen (secondary N) is 1. The quantitative estimate of drug-likeness (QED) is 0.840. The third-order valence-corrected chi connectivity index (χ3v) is 3.04. The maximum atomic E-state index is 5.92. The number of rotatable bonds is 3. The summed E-state index contributed by atoms with van der Waals surface area (Å²) in [6, 6.07) is 7.85. The second-order valence-electron chi connectivity index (χ2n) is 3.72. The first-order valence-corrected chi connectivity index (χ1v) is 5.98. The molecule has 1 atom stereocenters. The van der Waals surface area contributed by atoms with Crippen molar-refractivity contribution in [1.82, 2.24) is 4.98 Å². The van der Waals surface area contributed by atoms with Crippen LogP contribution in [0.4, 0.5) is 5.69 Å². The van der Waals surface area contributed by atoms with Gasteiger partial charge in [0.1, 0.15) is 0 Å². The van der Waals surface area contributed by atoms with Crippen LogP contribution < -0.4 is 5.32 Å². The SMILES string of the molecule is CC(CCl)Nc1ccnc2cc(Cl)ccc12. The predicted octanol–water partition coefficient (Wildman–Crippen LogP) is 3.93. The van der Waals surface area contributed by atoms with Crippen LogP contribution >= 0.6 is 23.2 Å². The van der Waals surface area contributed by atoms with E-state index in [1.807, 2.05) is 31.2 Å². The molecule has 2 rings (SSSR count). The number of fused-ring (bicyclic) bond motifs is 1. The first kappa shape index (κ1) is 11.5. The fourth-order valence-electron chi connectivity index (χ4n) is 1.55. The molecule has 0 radical (unpaired) electrons. The maximum absolute atomic E-state index is 5.92. The summed E-state index contributed by atoms with van der Waals surface area (Å²) in [5.41, 5.74) is 1.93. The van der Waals surface area contributed by atoms with Gasteiger partial charge in [-0.05, 0) is 31.2 Å². The molecule has 1 heterocycles. The van der Waals surface area contributed by atoms with Gasteiger partial charge < -0.3 is 5.32 Å². The fraction of sp³-hybridized carbons (Fsp3) is 0.250. The van der Waals surface area contributed by atoms with Gasteiger partial charge in [0.15, 0.2) is 0 Å². The van der Waals surface area contributed by atoms with Gasteiger partial charge in [0.25, 0.3) is 0 Å². The van der Waals surface area contributed by atoms with E-state index in [0.29, 0.717) is 10.9 Å². The smallest absolute Gasteiger partial charge is 0.0737 e.